The van der Waals surface area contributed by atoms with E-state index in [1.165, 1.54) is 6.07 Å². The van der Waals surface area contributed by atoms with Gasteiger partial charge in [0.15, 0.2) is 0 Å². The minimum Gasteiger partial charge on any atom is -0.463 e. The number of benzene rings is 2. The number of hydrogen-bond donors (Lipinski definition) is 2. The van der Waals surface area contributed by atoms with Gasteiger partial charge < -0.3 is 24.6 Å². The number of esters is 2. The Labute approximate surface area is 236 Å². The summed E-state index contributed by atoms with van der Waals surface area (Å²) in [5.41, 5.74) is 0.976. The molecule has 0 aromatic heterocycles. The number of ether oxygens (including phenoxy) is 3. The van der Waals surface area contributed by atoms with Gasteiger partial charge in [0, 0.05) is 12.1 Å². The standard InChI is InChI=1S/C31H42FNO7/c1-20(2)14-22(17-33-30(37)40-31(4,5)6)15-28(35)38-18-25(34)19-39-29(36)21(3)24-12-13-26(27(32)16-24)23-10-8-7-9-11-23/h7-13,16,20-22,25,34H,14-15,17-19H2,1-6H3,(H,33,37)/t21?,22-,25?/m0/s1. The monoisotopic (exact) mass is 559 g/mol. The molecule has 0 aliphatic carbocycles. The van der Waals surface area contributed by atoms with Gasteiger partial charge in [-0.15, -0.1) is 0 Å². The zero-order valence-electron chi connectivity index (χ0n) is 24.2. The predicted molar refractivity (Wildman–Crippen MR) is 150 cm³/mol. The number of amides is 1. The Morgan fingerprint density at radius 1 is 0.975 bits per heavy atom. The number of hydrogen-bond acceptors (Lipinski definition) is 7. The van der Waals surface area contributed by atoms with Crippen LogP contribution in [0.2, 0.25) is 0 Å². The number of carbonyl (C=O) groups excluding carboxylic acids is 3. The first-order valence-corrected chi connectivity index (χ1v) is 13.6. The van der Waals surface area contributed by atoms with Crippen LogP contribution in [-0.2, 0) is 23.8 Å². The van der Waals surface area contributed by atoms with Crippen molar-refractivity contribution in [2.75, 3.05) is 19.8 Å². The highest BCUT2D eigenvalue weighted by molar-refractivity contribution is 5.78. The average molecular weight is 560 g/mol. The van der Waals surface area contributed by atoms with Gasteiger partial charge >= 0.3 is 18.0 Å². The Morgan fingerprint density at radius 2 is 1.62 bits per heavy atom. The molecule has 2 N–H and O–H groups in total. The minimum absolute atomic E-state index is 0.0437. The van der Waals surface area contributed by atoms with Gasteiger partial charge in [0.2, 0.25) is 0 Å². The second-order valence-electron chi connectivity index (χ2n) is 11.4. The van der Waals surface area contributed by atoms with Crippen molar-refractivity contribution in [3.63, 3.8) is 0 Å². The van der Waals surface area contributed by atoms with Gasteiger partial charge in [-0.2, -0.15) is 0 Å². The molecule has 0 heterocycles. The molecule has 220 valence electrons. The maximum Gasteiger partial charge on any atom is 0.407 e. The Balaban J connectivity index is 1.80. The molecule has 0 aliphatic heterocycles. The number of aliphatic hydroxyl groups excluding tert-OH is 1. The molecule has 0 bridgehead atoms. The van der Waals surface area contributed by atoms with Gasteiger partial charge in [-0.25, -0.2) is 9.18 Å². The van der Waals surface area contributed by atoms with Crippen molar-refractivity contribution >= 4 is 18.0 Å². The van der Waals surface area contributed by atoms with Crippen LogP contribution in [0.5, 0.6) is 0 Å². The van der Waals surface area contributed by atoms with E-state index >= 15 is 0 Å². The lowest BCUT2D eigenvalue weighted by Gasteiger charge is -2.22. The normalized spacial score (nSPS) is 13.7. The molecular weight excluding hydrogens is 517 g/mol. The molecule has 40 heavy (non-hydrogen) atoms. The topological polar surface area (TPSA) is 111 Å². The highest BCUT2D eigenvalue weighted by Gasteiger charge is 2.23. The maximum atomic E-state index is 14.7. The molecule has 0 fully saturated rings. The first-order valence-electron chi connectivity index (χ1n) is 13.6. The van der Waals surface area contributed by atoms with Crippen LogP contribution in [0.15, 0.2) is 48.5 Å². The average Bonchev–Trinajstić information content (AvgIpc) is 2.87. The van der Waals surface area contributed by atoms with E-state index in [1.54, 1.807) is 52.0 Å². The zero-order chi connectivity index (χ0) is 29.9. The quantitative estimate of drug-likeness (QED) is 0.242. The number of carbonyl (C=O) groups is 3. The van der Waals surface area contributed by atoms with Crippen LogP contribution < -0.4 is 5.32 Å². The highest BCUT2D eigenvalue weighted by Crippen LogP contribution is 2.27. The van der Waals surface area contributed by atoms with Gasteiger partial charge in [0.05, 0.1) is 12.3 Å². The van der Waals surface area contributed by atoms with E-state index in [-0.39, 0.29) is 38.0 Å². The first-order chi connectivity index (χ1) is 18.7. The Hall–Kier alpha value is -3.46. The summed E-state index contributed by atoms with van der Waals surface area (Å²) in [7, 11) is 0. The zero-order valence-corrected chi connectivity index (χ0v) is 24.2. The maximum absolute atomic E-state index is 14.7. The number of nitrogens with one attached hydrogen (secondary N) is 1. The smallest absolute Gasteiger partial charge is 0.407 e. The summed E-state index contributed by atoms with van der Waals surface area (Å²) in [6.45, 7) is 10.4. The largest absolute Gasteiger partial charge is 0.463 e. The fourth-order valence-corrected chi connectivity index (χ4v) is 4.07. The Bertz CT molecular complexity index is 1110. The van der Waals surface area contributed by atoms with E-state index in [2.05, 4.69) is 5.32 Å². The molecule has 2 aromatic carbocycles. The summed E-state index contributed by atoms with van der Waals surface area (Å²) in [6, 6.07) is 13.7. The van der Waals surface area contributed by atoms with E-state index in [4.69, 9.17) is 14.2 Å². The summed E-state index contributed by atoms with van der Waals surface area (Å²) in [4.78, 5) is 36.9. The van der Waals surface area contributed by atoms with E-state index in [0.29, 0.717) is 17.5 Å². The minimum atomic E-state index is -1.22. The Morgan fingerprint density at radius 3 is 2.23 bits per heavy atom. The van der Waals surface area contributed by atoms with Crippen LogP contribution >= 0.6 is 0 Å². The third kappa shape index (κ3) is 11.7. The van der Waals surface area contributed by atoms with Crippen molar-refractivity contribution < 1.29 is 38.1 Å². The third-order valence-electron chi connectivity index (χ3n) is 5.98. The molecule has 0 radical (unpaired) electrons. The number of aliphatic hydroxyl groups is 1. The molecular formula is C31H42FNO7. The van der Waals surface area contributed by atoms with Crippen molar-refractivity contribution in [3.05, 3.63) is 59.9 Å². The van der Waals surface area contributed by atoms with Crippen molar-refractivity contribution in [3.8, 4) is 11.1 Å². The van der Waals surface area contributed by atoms with E-state index in [9.17, 15) is 23.9 Å². The van der Waals surface area contributed by atoms with E-state index in [0.717, 1.165) is 5.56 Å². The van der Waals surface area contributed by atoms with Crippen molar-refractivity contribution in [2.45, 2.75) is 72.0 Å². The molecule has 8 nitrogen and oxygen atoms in total. The summed E-state index contributed by atoms with van der Waals surface area (Å²) in [5.74, 6) is -2.28. The number of rotatable bonds is 13. The molecule has 0 saturated heterocycles. The van der Waals surface area contributed by atoms with Crippen LogP contribution in [0, 0.1) is 17.7 Å². The second kappa shape index (κ2) is 15.4. The third-order valence-corrected chi connectivity index (χ3v) is 5.98. The highest BCUT2D eigenvalue weighted by atomic mass is 19.1. The SMILES string of the molecule is CC(C)C[C@H](CNC(=O)OC(C)(C)C)CC(=O)OCC(O)COC(=O)C(C)c1ccc(-c2ccccc2)c(F)c1. The molecule has 0 aliphatic rings. The molecule has 2 rings (SSSR count). The molecule has 0 saturated carbocycles. The van der Waals surface area contributed by atoms with Gasteiger partial charge in [-0.05, 0) is 63.1 Å². The van der Waals surface area contributed by atoms with Crippen molar-refractivity contribution in [2.24, 2.45) is 11.8 Å². The summed E-state index contributed by atoms with van der Waals surface area (Å²) < 4.78 is 30.3. The van der Waals surface area contributed by atoms with Crippen LogP contribution in [0.1, 0.15) is 65.9 Å². The summed E-state index contributed by atoms with van der Waals surface area (Å²) in [5, 5.41) is 12.9. The molecule has 2 unspecified atom stereocenters. The van der Waals surface area contributed by atoms with Crippen LogP contribution in [0.25, 0.3) is 11.1 Å². The Kier molecular flexibility index (Phi) is 12.6. The lowest BCUT2D eigenvalue weighted by Crippen LogP contribution is -2.36. The van der Waals surface area contributed by atoms with Gasteiger partial charge in [-0.1, -0.05) is 56.3 Å². The van der Waals surface area contributed by atoms with Crippen LogP contribution in [0.4, 0.5) is 9.18 Å². The van der Waals surface area contributed by atoms with Crippen molar-refractivity contribution in [1.82, 2.24) is 5.32 Å². The lowest BCUT2D eigenvalue weighted by molar-refractivity contribution is -0.153. The number of halogens is 1. The molecule has 0 spiro atoms. The second-order valence-corrected chi connectivity index (χ2v) is 11.4. The van der Waals surface area contributed by atoms with Gasteiger partial charge in [-0.3, -0.25) is 9.59 Å². The van der Waals surface area contributed by atoms with Crippen molar-refractivity contribution in [1.29, 1.82) is 0 Å². The molecule has 1 amide bonds. The van der Waals surface area contributed by atoms with E-state index in [1.807, 2.05) is 32.0 Å². The number of alkyl carbamates (subject to hydrolysis) is 1. The fourth-order valence-electron chi connectivity index (χ4n) is 4.07. The molecule has 9 heteroatoms. The molecule has 3 atom stereocenters. The fraction of sp³-hybridized carbons (Fsp3) is 0.516. The summed E-state index contributed by atoms with van der Waals surface area (Å²) in [6.07, 6.45) is -1.06. The summed E-state index contributed by atoms with van der Waals surface area (Å²) >= 11 is 0. The molecule has 2 aromatic rings. The first kappa shape index (κ1) is 32.8. The predicted octanol–water partition coefficient (Wildman–Crippen LogP) is 5.62. The van der Waals surface area contributed by atoms with Crippen LogP contribution in [0.3, 0.4) is 0 Å². The lowest BCUT2D eigenvalue weighted by atomic mass is 9.94. The van der Waals surface area contributed by atoms with Gasteiger partial charge in [0.25, 0.3) is 0 Å². The van der Waals surface area contributed by atoms with Gasteiger partial charge in [0.1, 0.15) is 30.7 Å². The van der Waals surface area contributed by atoms with Crippen LogP contribution in [-0.4, -0.2) is 54.6 Å². The van der Waals surface area contributed by atoms with E-state index < -0.39 is 41.5 Å².